The molecule has 0 aromatic heterocycles. The minimum atomic E-state index is -0.593. The smallest absolute Gasteiger partial charge is 0.337 e. The average Bonchev–Trinajstić information content (AvgIpc) is 2.77. The predicted octanol–water partition coefficient (Wildman–Crippen LogP) is 7.87. The molecular weight excluding hydrogens is 388 g/mol. The van der Waals surface area contributed by atoms with Crippen molar-refractivity contribution in [3.8, 4) is 5.75 Å². The molecule has 31 heavy (non-hydrogen) atoms. The highest BCUT2D eigenvalue weighted by Crippen LogP contribution is 2.20. The summed E-state index contributed by atoms with van der Waals surface area (Å²) in [5.74, 6) is 0.0806. The Labute approximate surface area is 189 Å². The van der Waals surface area contributed by atoms with E-state index in [2.05, 4.69) is 39.1 Å². The van der Waals surface area contributed by atoms with Crippen molar-refractivity contribution in [3.63, 3.8) is 0 Å². The monoisotopic (exact) mass is 430 g/mol. The Morgan fingerprint density at radius 1 is 0.903 bits per heavy atom. The Morgan fingerprint density at radius 3 is 2.10 bits per heavy atom. The zero-order chi connectivity index (χ0) is 22.7. The lowest BCUT2D eigenvalue weighted by molar-refractivity contribution is -0.148. The van der Waals surface area contributed by atoms with Gasteiger partial charge in [-0.15, -0.1) is 0 Å². The predicted molar refractivity (Wildman–Crippen MR) is 128 cm³/mol. The Morgan fingerprint density at radius 2 is 1.48 bits per heavy atom. The van der Waals surface area contributed by atoms with Crippen LogP contribution in [0, 0.1) is 0 Å². The van der Waals surface area contributed by atoms with Crippen LogP contribution >= 0.6 is 0 Å². The summed E-state index contributed by atoms with van der Waals surface area (Å²) in [4.78, 5) is 11.4. The van der Waals surface area contributed by atoms with Crippen LogP contribution in [0.15, 0.2) is 49.4 Å². The number of aryl methyl sites for hydroxylation is 1. The molecule has 1 unspecified atom stereocenters. The van der Waals surface area contributed by atoms with Crippen LogP contribution in [0.4, 0.5) is 0 Å². The van der Waals surface area contributed by atoms with Crippen molar-refractivity contribution in [2.45, 2.75) is 104 Å². The standard InChI is InChI=1S/C27H42O4/c1-5-8-10-12-13-14-15-17-24-19-21-25(22-20-24)31-27(18-16-11-9-6-2)30-23(4)29-26(28)7-3/h7,19-22,27H,3-6,8-18H2,1-2H3. The number of rotatable bonds is 19. The quantitative estimate of drug-likeness (QED) is 0.0736. The summed E-state index contributed by atoms with van der Waals surface area (Å²) in [5, 5.41) is 0. The maximum absolute atomic E-state index is 11.4. The average molecular weight is 431 g/mol. The molecule has 1 aromatic rings. The van der Waals surface area contributed by atoms with E-state index in [9.17, 15) is 4.79 Å². The molecule has 1 rings (SSSR count). The van der Waals surface area contributed by atoms with Gasteiger partial charge in [-0.2, -0.15) is 0 Å². The van der Waals surface area contributed by atoms with Crippen molar-refractivity contribution in [3.05, 3.63) is 55.0 Å². The van der Waals surface area contributed by atoms with Gasteiger partial charge in [-0.25, -0.2) is 4.79 Å². The van der Waals surface area contributed by atoms with E-state index in [0.29, 0.717) is 6.42 Å². The van der Waals surface area contributed by atoms with Gasteiger partial charge >= 0.3 is 5.97 Å². The van der Waals surface area contributed by atoms with E-state index in [-0.39, 0.29) is 5.95 Å². The molecule has 0 N–H and O–H groups in total. The van der Waals surface area contributed by atoms with E-state index in [1.165, 1.54) is 56.9 Å². The Kier molecular flexibility index (Phi) is 15.1. The number of hydrogen-bond donors (Lipinski definition) is 0. The summed E-state index contributed by atoms with van der Waals surface area (Å²) in [6, 6.07) is 8.20. The van der Waals surface area contributed by atoms with Crippen molar-refractivity contribution < 1.29 is 19.0 Å². The summed E-state index contributed by atoms with van der Waals surface area (Å²) in [5.41, 5.74) is 1.32. The lowest BCUT2D eigenvalue weighted by Gasteiger charge is -2.21. The van der Waals surface area contributed by atoms with Crippen LogP contribution in [-0.4, -0.2) is 12.3 Å². The molecule has 0 saturated heterocycles. The SMILES string of the molecule is C=CC(=O)OC(=C)OC(CCCCCC)Oc1ccc(CCCCCCCCC)cc1. The lowest BCUT2D eigenvalue weighted by atomic mass is 10.0. The van der Waals surface area contributed by atoms with Crippen LogP contribution in [0.2, 0.25) is 0 Å². The molecule has 0 fully saturated rings. The topological polar surface area (TPSA) is 44.8 Å². The van der Waals surface area contributed by atoms with Crippen molar-refractivity contribution in [1.82, 2.24) is 0 Å². The first kappa shape index (κ1) is 26.8. The highest BCUT2D eigenvalue weighted by molar-refractivity contribution is 5.81. The van der Waals surface area contributed by atoms with Crippen LogP contribution in [-0.2, 0) is 20.7 Å². The van der Waals surface area contributed by atoms with Gasteiger partial charge in [0.15, 0.2) is 0 Å². The van der Waals surface area contributed by atoms with E-state index >= 15 is 0 Å². The third kappa shape index (κ3) is 13.6. The lowest BCUT2D eigenvalue weighted by Crippen LogP contribution is -2.21. The van der Waals surface area contributed by atoms with Gasteiger partial charge in [-0.05, 0) is 43.5 Å². The Balaban J connectivity index is 2.48. The molecule has 0 aliphatic heterocycles. The Bertz CT molecular complexity index is 621. The normalized spacial score (nSPS) is 11.5. The number of carbonyl (C=O) groups is 1. The summed E-state index contributed by atoms with van der Waals surface area (Å²) >= 11 is 0. The fourth-order valence-corrected chi connectivity index (χ4v) is 3.38. The van der Waals surface area contributed by atoms with Crippen molar-refractivity contribution in [2.24, 2.45) is 0 Å². The van der Waals surface area contributed by atoms with Crippen LogP contribution < -0.4 is 4.74 Å². The van der Waals surface area contributed by atoms with Crippen LogP contribution in [0.1, 0.15) is 96.5 Å². The van der Waals surface area contributed by atoms with Gasteiger partial charge in [0.25, 0.3) is 5.95 Å². The number of ether oxygens (including phenoxy) is 3. The van der Waals surface area contributed by atoms with E-state index in [1.54, 1.807) is 0 Å². The molecule has 0 heterocycles. The molecule has 0 amide bonds. The van der Waals surface area contributed by atoms with Crippen molar-refractivity contribution in [2.75, 3.05) is 0 Å². The number of esters is 1. The molecule has 1 aromatic carbocycles. The first-order chi connectivity index (χ1) is 15.1. The summed E-state index contributed by atoms with van der Waals surface area (Å²) in [6.45, 7) is 11.5. The fourth-order valence-electron chi connectivity index (χ4n) is 3.38. The maximum Gasteiger partial charge on any atom is 0.337 e. The summed E-state index contributed by atoms with van der Waals surface area (Å²) < 4.78 is 16.6. The first-order valence-electron chi connectivity index (χ1n) is 12.0. The second-order valence-electron chi connectivity index (χ2n) is 8.03. The maximum atomic E-state index is 11.4. The first-order valence-corrected chi connectivity index (χ1v) is 12.0. The molecule has 0 aliphatic carbocycles. The zero-order valence-electron chi connectivity index (χ0n) is 19.7. The molecule has 0 radical (unpaired) electrons. The second-order valence-corrected chi connectivity index (χ2v) is 8.03. The van der Waals surface area contributed by atoms with E-state index < -0.39 is 12.3 Å². The van der Waals surface area contributed by atoms with Crippen LogP contribution in [0.3, 0.4) is 0 Å². The van der Waals surface area contributed by atoms with Gasteiger partial charge in [0, 0.05) is 12.5 Å². The van der Waals surface area contributed by atoms with E-state index in [0.717, 1.165) is 37.5 Å². The number of carbonyl (C=O) groups excluding carboxylic acids is 1. The van der Waals surface area contributed by atoms with Crippen molar-refractivity contribution >= 4 is 5.97 Å². The number of benzene rings is 1. The van der Waals surface area contributed by atoms with Crippen LogP contribution in [0.25, 0.3) is 0 Å². The second kappa shape index (κ2) is 17.5. The number of hydrogen-bond acceptors (Lipinski definition) is 4. The highest BCUT2D eigenvalue weighted by atomic mass is 16.8. The summed E-state index contributed by atoms with van der Waals surface area (Å²) in [7, 11) is 0. The molecule has 4 nitrogen and oxygen atoms in total. The Hall–Kier alpha value is -2.23. The zero-order valence-corrected chi connectivity index (χ0v) is 19.7. The minimum absolute atomic E-state index is 0.0686. The highest BCUT2D eigenvalue weighted by Gasteiger charge is 2.15. The van der Waals surface area contributed by atoms with E-state index in [1.807, 2.05) is 12.1 Å². The third-order valence-corrected chi connectivity index (χ3v) is 5.20. The molecule has 1 atom stereocenters. The molecule has 0 aliphatic rings. The molecule has 0 spiro atoms. The minimum Gasteiger partial charge on any atom is -0.455 e. The van der Waals surface area contributed by atoms with Gasteiger partial charge in [0.1, 0.15) is 5.75 Å². The van der Waals surface area contributed by atoms with E-state index in [4.69, 9.17) is 14.2 Å². The number of unbranched alkanes of at least 4 members (excludes halogenated alkanes) is 9. The molecular formula is C27H42O4. The third-order valence-electron chi connectivity index (χ3n) is 5.20. The largest absolute Gasteiger partial charge is 0.455 e. The fraction of sp³-hybridized carbons (Fsp3) is 0.593. The summed E-state index contributed by atoms with van der Waals surface area (Å²) in [6.07, 6.45) is 16.0. The van der Waals surface area contributed by atoms with Crippen molar-refractivity contribution in [1.29, 1.82) is 0 Å². The molecule has 0 bridgehead atoms. The van der Waals surface area contributed by atoms with Crippen LogP contribution in [0.5, 0.6) is 5.75 Å². The molecule has 0 saturated carbocycles. The molecule has 4 heteroatoms. The van der Waals surface area contributed by atoms with Gasteiger partial charge in [-0.1, -0.05) is 90.3 Å². The van der Waals surface area contributed by atoms with Gasteiger partial charge in [0.2, 0.25) is 6.29 Å². The van der Waals surface area contributed by atoms with Gasteiger partial charge < -0.3 is 14.2 Å². The van der Waals surface area contributed by atoms with Gasteiger partial charge in [-0.3, -0.25) is 0 Å². The van der Waals surface area contributed by atoms with Gasteiger partial charge in [0.05, 0.1) is 0 Å². The molecule has 174 valence electrons.